The van der Waals surface area contributed by atoms with E-state index in [0.717, 1.165) is 23.2 Å². The lowest BCUT2D eigenvalue weighted by Gasteiger charge is -2.12. The molecule has 3 N–H and O–H groups in total. The summed E-state index contributed by atoms with van der Waals surface area (Å²) in [6.07, 6.45) is 7.30. The summed E-state index contributed by atoms with van der Waals surface area (Å²) in [7, 11) is 1.91. The minimum atomic E-state index is -0.0596. The van der Waals surface area contributed by atoms with E-state index < -0.39 is 0 Å². The molecule has 122 valence electrons. The van der Waals surface area contributed by atoms with Crippen LogP contribution in [0.3, 0.4) is 0 Å². The van der Waals surface area contributed by atoms with E-state index in [1.807, 2.05) is 37.0 Å². The van der Waals surface area contributed by atoms with Gasteiger partial charge in [0.15, 0.2) is 0 Å². The molecule has 0 aromatic carbocycles. The largest absolute Gasteiger partial charge is 0.339 e. The Hall–Kier alpha value is -2.25. The van der Waals surface area contributed by atoms with Crippen molar-refractivity contribution in [3.05, 3.63) is 47.5 Å². The molecule has 0 radical (unpaired) electrons. The smallest absolute Gasteiger partial charge is 0.221 e. The fourth-order valence-corrected chi connectivity index (χ4v) is 2.77. The van der Waals surface area contributed by atoms with Crippen LogP contribution in [0.4, 0.5) is 0 Å². The summed E-state index contributed by atoms with van der Waals surface area (Å²) in [4.78, 5) is 16.1. The van der Waals surface area contributed by atoms with E-state index in [1.165, 1.54) is 0 Å². The van der Waals surface area contributed by atoms with Gasteiger partial charge in [-0.1, -0.05) is 0 Å². The van der Waals surface area contributed by atoms with Crippen LogP contribution < -0.4 is 16.2 Å². The molecular formula is C16H22N6O. The Morgan fingerprint density at radius 3 is 2.87 bits per heavy atom. The van der Waals surface area contributed by atoms with Crippen LogP contribution in [-0.2, 0) is 18.3 Å². The van der Waals surface area contributed by atoms with Crippen LogP contribution in [-0.4, -0.2) is 26.8 Å². The molecule has 7 nitrogen and oxygen atoms in total. The van der Waals surface area contributed by atoms with E-state index in [4.69, 9.17) is 0 Å². The maximum absolute atomic E-state index is 12.1. The third kappa shape index (κ3) is 3.75. The molecule has 1 aliphatic rings. The maximum atomic E-state index is 12.1. The zero-order valence-corrected chi connectivity index (χ0v) is 13.4. The van der Waals surface area contributed by atoms with Gasteiger partial charge in [0.25, 0.3) is 0 Å². The molecule has 3 heterocycles. The zero-order valence-electron chi connectivity index (χ0n) is 13.4. The van der Waals surface area contributed by atoms with E-state index in [1.54, 1.807) is 12.4 Å². The van der Waals surface area contributed by atoms with Crippen LogP contribution in [0.25, 0.3) is 0 Å². The second-order valence-corrected chi connectivity index (χ2v) is 5.86. The SMILES string of the molecule is Cc1c(CCC(=O)NC2CC(c3ccncc3)NN2)cnn1C. The summed E-state index contributed by atoms with van der Waals surface area (Å²) in [5, 5.41) is 7.22. The molecule has 1 amide bonds. The summed E-state index contributed by atoms with van der Waals surface area (Å²) in [6.45, 7) is 2.02. The second-order valence-electron chi connectivity index (χ2n) is 5.86. The van der Waals surface area contributed by atoms with E-state index >= 15 is 0 Å². The third-order valence-electron chi connectivity index (χ3n) is 4.31. The number of pyridine rings is 1. The van der Waals surface area contributed by atoms with Crippen molar-refractivity contribution in [2.75, 3.05) is 0 Å². The Kier molecular flexibility index (Phi) is 4.68. The Morgan fingerprint density at radius 1 is 1.39 bits per heavy atom. The summed E-state index contributed by atoms with van der Waals surface area (Å²) >= 11 is 0. The highest BCUT2D eigenvalue weighted by Gasteiger charge is 2.25. The molecule has 2 atom stereocenters. The fraction of sp³-hybridized carbons (Fsp3) is 0.438. The summed E-state index contributed by atoms with van der Waals surface area (Å²) < 4.78 is 1.83. The van der Waals surface area contributed by atoms with Crippen molar-refractivity contribution in [1.29, 1.82) is 0 Å². The van der Waals surface area contributed by atoms with Gasteiger partial charge in [-0.2, -0.15) is 5.10 Å². The van der Waals surface area contributed by atoms with Crippen molar-refractivity contribution in [2.45, 2.75) is 38.4 Å². The molecule has 3 rings (SSSR count). The Labute approximate surface area is 135 Å². The molecule has 2 aromatic heterocycles. The first-order chi connectivity index (χ1) is 11.1. The molecule has 0 saturated carbocycles. The third-order valence-corrected chi connectivity index (χ3v) is 4.31. The molecule has 1 fully saturated rings. The lowest BCUT2D eigenvalue weighted by atomic mass is 10.1. The number of nitrogens with zero attached hydrogens (tertiary/aromatic N) is 3. The van der Waals surface area contributed by atoms with Crippen LogP contribution in [0.15, 0.2) is 30.7 Å². The minimum Gasteiger partial charge on any atom is -0.339 e. The van der Waals surface area contributed by atoms with E-state index in [-0.39, 0.29) is 18.1 Å². The number of nitrogens with one attached hydrogen (secondary N) is 3. The average Bonchev–Trinajstić information content (AvgIpc) is 3.15. The maximum Gasteiger partial charge on any atom is 0.221 e. The number of carbonyl (C=O) groups is 1. The van der Waals surface area contributed by atoms with Crippen LogP contribution in [0.1, 0.15) is 35.7 Å². The number of hydrogen-bond donors (Lipinski definition) is 3. The number of amides is 1. The molecule has 1 saturated heterocycles. The van der Waals surface area contributed by atoms with Gasteiger partial charge in [0.2, 0.25) is 5.91 Å². The van der Waals surface area contributed by atoms with Gasteiger partial charge in [0, 0.05) is 44.0 Å². The predicted octanol–water partition coefficient (Wildman–Crippen LogP) is 0.738. The molecule has 0 aliphatic carbocycles. The van der Waals surface area contributed by atoms with Gasteiger partial charge in [-0.05, 0) is 36.6 Å². The van der Waals surface area contributed by atoms with E-state index in [2.05, 4.69) is 26.3 Å². The summed E-state index contributed by atoms with van der Waals surface area (Å²) in [6, 6.07) is 4.15. The van der Waals surface area contributed by atoms with Gasteiger partial charge >= 0.3 is 0 Å². The first-order valence-electron chi connectivity index (χ1n) is 7.81. The average molecular weight is 314 g/mol. The Balaban J connectivity index is 1.47. The highest BCUT2D eigenvalue weighted by molar-refractivity contribution is 5.76. The highest BCUT2D eigenvalue weighted by Crippen LogP contribution is 2.20. The van der Waals surface area contributed by atoms with E-state index in [9.17, 15) is 4.79 Å². The number of aromatic nitrogens is 3. The second kappa shape index (κ2) is 6.89. The molecule has 0 bridgehead atoms. The van der Waals surface area contributed by atoms with Crippen molar-refractivity contribution in [2.24, 2.45) is 7.05 Å². The van der Waals surface area contributed by atoms with Gasteiger partial charge in [-0.3, -0.25) is 14.5 Å². The number of rotatable bonds is 5. The molecule has 0 spiro atoms. The van der Waals surface area contributed by atoms with Gasteiger partial charge < -0.3 is 5.32 Å². The quantitative estimate of drug-likeness (QED) is 0.758. The standard InChI is InChI=1S/C16H22N6O/c1-11-13(10-18-22(11)2)3-4-16(23)19-15-9-14(20-21-15)12-5-7-17-8-6-12/h5-8,10,14-15,20-21H,3-4,9H2,1-2H3,(H,19,23). The molecule has 23 heavy (non-hydrogen) atoms. The van der Waals surface area contributed by atoms with Gasteiger partial charge in [0.05, 0.1) is 12.4 Å². The fourth-order valence-electron chi connectivity index (χ4n) is 2.77. The van der Waals surface area contributed by atoms with Crippen molar-refractivity contribution in [1.82, 2.24) is 30.9 Å². The Morgan fingerprint density at radius 2 is 2.17 bits per heavy atom. The van der Waals surface area contributed by atoms with Crippen molar-refractivity contribution in [3.8, 4) is 0 Å². The normalized spacial score (nSPS) is 20.6. The Bertz CT molecular complexity index is 668. The van der Waals surface area contributed by atoms with Crippen molar-refractivity contribution in [3.63, 3.8) is 0 Å². The molecule has 2 aromatic rings. The van der Waals surface area contributed by atoms with Crippen LogP contribution in [0.2, 0.25) is 0 Å². The van der Waals surface area contributed by atoms with Crippen molar-refractivity contribution >= 4 is 5.91 Å². The first-order valence-corrected chi connectivity index (χ1v) is 7.81. The van der Waals surface area contributed by atoms with Gasteiger partial charge in [0.1, 0.15) is 0 Å². The lowest BCUT2D eigenvalue weighted by molar-refractivity contribution is -0.121. The number of hydrazine groups is 1. The molecule has 2 unspecified atom stereocenters. The summed E-state index contributed by atoms with van der Waals surface area (Å²) in [5.74, 6) is 0.0444. The number of carbonyl (C=O) groups excluding carboxylic acids is 1. The van der Waals surface area contributed by atoms with Crippen LogP contribution in [0.5, 0.6) is 0 Å². The molecular weight excluding hydrogens is 292 g/mol. The lowest BCUT2D eigenvalue weighted by Crippen LogP contribution is -2.44. The zero-order chi connectivity index (χ0) is 16.2. The van der Waals surface area contributed by atoms with Gasteiger partial charge in [-0.15, -0.1) is 0 Å². The van der Waals surface area contributed by atoms with Crippen molar-refractivity contribution < 1.29 is 4.79 Å². The number of hydrogen-bond acceptors (Lipinski definition) is 5. The highest BCUT2D eigenvalue weighted by atomic mass is 16.1. The minimum absolute atomic E-state index is 0.0444. The molecule has 7 heteroatoms. The molecule has 1 aliphatic heterocycles. The topological polar surface area (TPSA) is 83.9 Å². The predicted molar refractivity (Wildman–Crippen MR) is 86.1 cm³/mol. The van der Waals surface area contributed by atoms with E-state index in [0.29, 0.717) is 12.8 Å². The summed E-state index contributed by atoms with van der Waals surface area (Å²) in [5.41, 5.74) is 9.73. The van der Waals surface area contributed by atoms with Crippen LogP contribution in [0, 0.1) is 6.92 Å². The first kappa shape index (κ1) is 15.6. The van der Waals surface area contributed by atoms with Gasteiger partial charge in [-0.25, -0.2) is 10.9 Å². The monoisotopic (exact) mass is 314 g/mol. The van der Waals surface area contributed by atoms with Crippen LogP contribution >= 0.6 is 0 Å². The number of aryl methyl sites for hydroxylation is 2.